The minimum Gasteiger partial charge on any atom is -0.350 e. The molecule has 0 saturated carbocycles. The first-order valence-electron chi connectivity index (χ1n) is 5.98. The van der Waals surface area contributed by atoms with E-state index in [1.165, 1.54) is 12.1 Å². The van der Waals surface area contributed by atoms with Crippen molar-refractivity contribution in [2.75, 3.05) is 19.8 Å². The maximum Gasteiger partial charge on any atom is 0.240 e. The van der Waals surface area contributed by atoms with E-state index in [2.05, 4.69) is 4.72 Å². The van der Waals surface area contributed by atoms with Crippen molar-refractivity contribution in [1.29, 1.82) is 0 Å². The number of aryl methyl sites for hydroxylation is 1. The summed E-state index contributed by atoms with van der Waals surface area (Å²) in [4.78, 5) is 0.163. The topological polar surface area (TPSA) is 64.6 Å². The Hall–Kier alpha value is -0.660. The number of hydrogen-bond acceptors (Lipinski definition) is 4. The van der Waals surface area contributed by atoms with Crippen LogP contribution in [-0.2, 0) is 19.5 Å². The van der Waals surface area contributed by atoms with Crippen molar-refractivity contribution in [3.8, 4) is 0 Å². The highest BCUT2D eigenvalue weighted by molar-refractivity contribution is 7.89. The highest BCUT2D eigenvalue weighted by atomic mass is 35.5. The van der Waals surface area contributed by atoms with Crippen LogP contribution in [0.25, 0.3) is 0 Å². The Labute approximate surface area is 117 Å². The third kappa shape index (κ3) is 3.90. The van der Waals surface area contributed by atoms with Crippen molar-refractivity contribution in [3.05, 3.63) is 28.8 Å². The van der Waals surface area contributed by atoms with E-state index >= 15 is 0 Å². The maximum absolute atomic E-state index is 12.0. The van der Waals surface area contributed by atoms with Gasteiger partial charge in [0.05, 0.1) is 18.1 Å². The zero-order valence-corrected chi connectivity index (χ0v) is 12.1. The Morgan fingerprint density at radius 1 is 1.37 bits per heavy atom. The average Bonchev–Trinajstić information content (AvgIpc) is 2.85. The fourth-order valence-corrected chi connectivity index (χ4v) is 3.03. The summed E-state index contributed by atoms with van der Waals surface area (Å²) in [7, 11) is -3.54. The van der Waals surface area contributed by atoms with Crippen LogP contribution in [0.3, 0.4) is 0 Å². The summed E-state index contributed by atoms with van der Waals surface area (Å²) < 4.78 is 37.0. The molecule has 0 spiro atoms. The van der Waals surface area contributed by atoms with E-state index in [0.717, 1.165) is 5.56 Å². The summed E-state index contributed by atoms with van der Waals surface area (Å²) >= 11 is 5.93. The van der Waals surface area contributed by atoms with Crippen molar-refractivity contribution >= 4 is 21.6 Å². The number of sulfonamides is 1. The largest absolute Gasteiger partial charge is 0.350 e. The summed E-state index contributed by atoms with van der Waals surface area (Å²) in [5, 5.41) is 0.435. The molecule has 1 aromatic rings. The minimum atomic E-state index is -3.54. The summed E-state index contributed by atoms with van der Waals surface area (Å²) in [5.74, 6) is 0. The molecule has 0 aliphatic carbocycles. The van der Waals surface area contributed by atoms with Crippen LogP contribution in [0.2, 0.25) is 5.02 Å². The molecule has 1 aliphatic heterocycles. The second kappa shape index (κ2) is 6.19. The van der Waals surface area contributed by atoms with E-state index in [0.29, 0.717) is 24.7 Å². The molecule has 1 aromatic carbocycles. The first-order chi connectivity index (χ1) is 8.99. The fourth-order valence-electron chi connectivity index (χ4n) is 1.71. The summed E-state index contributed by atoms with van der Waals surface area (Å²) in [6.45, 7) is 3.20. The normalized spacial score (nSPS) is 16.9. The predicted molar refractivity (Wildman–Crippen MR) is 71.7 cm³/mol. The van der Waals surface area contributed by atoms with Gasteiger partial charge in [-0.15, -0.1) is 0 Å². The zero-order valence-electron chi connectivity index (χ0n) is 10.6. The molecular formula is C12H16ClNO4S. The van der Waals surface area contributed by atoms with E-state index in [9.17, 15) is 8.42 Å². The molecule has 106 valence electrons. The standard InChI is InChI=1S/C12H16ClNO4S/c1-9-2-3-10(8-11(9)13)19(15,16)14-5-4-12-17-6-7-18-12/h2-3,8,12,14H,4-7H2,1H3. The molecule has 0 bridgehead atoms. The molecule has 1 N–H and O–H groups in total. The molecule has 0 radical (unpaired) electrons. The van der Waals surface area contributed by atoms with Crippen LogP contribution in [0.4, 0.5) is 0 Å². The van der Waals surface area contributed by atoms with Gasteiger partial charge in [-0.25, -0.2) is 13.1 Å². The third-order valence-corrected chi connectivity index (χ3v) is 4.68. The van der Waals surface area contributed by atoms with Crippen LogP contribution in [-0.4, -0.2) is 34.5 Å². The van der Waals surface area contributed by atoms with Crippen molar-refractivity contribution in [2.24, 2.45) is 0 Å². The Balaban J connectivity index is 1.95. The van der Waals surface area contributed by atoms with Crippen LogP contribution in [0.1, 0.15) is 12.0 Å². The molecule has 1 heterocycles. The number of hydrogen-bond donors (Lipinski definition) is 1. The SMILES string of the molecule is Cc1ccc(S(=O)(=O)NCCC2OCCO2)cc1Cl. The van der Waals surface area contributed by atoms with Gasteiger partial charge in [0.15, 0.2) is 6.29 Å². The highest BCUT2D eigenvalue weighted by Crippen LogP contribution is 2.19. The van der Waals surface area contributed by atoms with E-state index in [-0.39, 0.29) is 17.7 Å². The molecule has 7 heteroatoms. The Morgan fingerprint density at radius 2 is 2.05 bits per heavy atom. The van der Waals surface area contributed by atoms with Crippen LogP contribution in [0.5, 0.6) is 0 Å². The fraction of sp³-hybridized carbons (Fsp3) is 0.500. The minimum absolute atomic E-state index is 0.163. The van der Waals surface area contributed by atoms with Gasteiger partial charge < -0.3 is 9.47 Å². The van der Waals surface area contributed by atoms with Crippen LogP contribution in [0.15, 0.2) is 23.1 Å². The Bertz CT molecular complexity index is 541. The predicted octanol–water partition coefficient (Wildman–Crippen LogP) is 1.69. The van der Waals surface area contributed by atoms with Gasteiger partial charge in [0.25, 0.3) is 0 Å². The second-order valence-electron chi connectivity index (χ2n) is 4.27. The van der Waals surface area contributed by atoms with E-state index in [4.69, 9.17) is 21.1 Å². The molecule has 19 heavy (non-hydrogen) atoms. The molecule has 1 aliphatic rings. The molecule has 0 aromatic heterocycles. The monoisotopic (exact) mass is 305 g/mol. The van der Waals surface area contributed by atoms with Crippen LogP contribution in [0, 0.1) is 6.92 Å². The lowest BCUT2D eigenvalue weighted by Gasteiger charge is -2.11. The molecule has 2 rings (SSSR count). The van der Waals surface area contributed by atoms with E-state index in [1.807, 2.05) is 6.92 Å². The number of benzene rings is 1. The van der Waals surface area contributed by atoms with Gasteiger partial charge in [-0.3, -0.25) is 0 Å². The van der Waals surface area contributed by atoms with Crippen molar-refractivity contribution in [2.45, 2.75) is 24.5 Å². The van der Waals surface area contributed by atoms with Gasteiger partial charge in [0.2, 0.25) is 10.0 Å². The summed E-state index contributed by atoms with van der Waals surface area (Å²) in [6, 6.07) is 4.66. The quantitative estimate of drug-likeness (QED) is 0.899. The molecule has 1 saturated heterocycles. The molecule has 1 fully saturated rings. The first-order valence-corrected chi connectivity index (χ1v) is 7.84. The number of ether oxygens (including phenoxy) is 2. The second-order valence-corrected chi connectivity index (χ2v) is 6.44. The Morgan fingerprint density at radius 3 is 2.68 bits per heavy atom. The van der Waals surface area contributed by atoms with Gasteiger partial charge in [-0.1, -0.05) is 17.7 Å². The smallest absolute Gasteiger partial charge is 0.240 e. The molecule has 0 unspecified atom stereocenters. The van der Waals surface area contributed by atoms with Gasteiger partial charge in [0.1, 0.15) is 0 Å². The van der Waals surface area contributed by atoms with E-state index in [1.54, 1.807) is 6.07 Å². The van der Waals surface area contributed by atoms with Gasteiger partial charge in [-0.2, -0.15) is 0 Å². The molecule has 0 atom stereocenters. The number of halogens is 1. The van der Waals surface area contributed by atoms with Crippen LogP contribution >= 0.6 is 11.6 Å². The number of nitrogens with one attached hydrogen (secondary N) is 1. The third-order valence-electron chi connectivity index (χ3n) is 2.82. The summed E-state index contributed by atoms with van der Waals surface area (Å²) in [6.07, 6.45) is 0.169. The highest BCUT2D eigenvalue weighted by Gasteiger charge is 2.18. The number of rotatable bonds is 5. The van der Waals surface area contributed by atoms with Crippen LogP contribution < -0.4 is 4.72 Å². The molecule has 0 amide bonds. The molecule has 5 nitrogen and oxygen atoms in total. The maximum atomic E-state index is 12.0. The average molecular weight is 306 g/mol. The van der Waals surface area contributed by atoms with E-state index < -0.39 is 10.0 Å². The van der Waals surface area contributed by atoms with Crippen molar-refractivity contribution in [3.63, 3.8) is 0 Å². The van der Waals surface area contributed by atoms with Gasteiger partial charge in [0, 0.05) is 18.0 Å². The summed E-state index contributed by atoms with van der Waals surface area (Å²) in [5.41, 5.74) is 0.841. The molecular weight excluding hydrogens is 290 g/mol. The zero-order chi connectivity index (χ0) is 13.9. The lowest BCUT2D eigenvalue weighted by molar-refractivity contribution is -0.0451. The Kier molecular flexibility index (Phi) is 4.81. The van der Waals surface area contributed by atoms with Crippen molar-refractivity contribution < 1.29 is 17.9 Å². The van der Waals surface area contributed by atoms with Crippen molar-refractivity contribution in [1.82, 2.24) is 4.72 Å². The lowest BCUT2D eigenvalue weighted by Crippen LogP contribution is -2.27. The first kappa shape index (κ1) is 14.7. The van der Waals surface area contributed by atoms with Gasteiger partial charge in [-0.05, 0) is 24.6 Å². The lowest BCUT2D eigenvalue weighted by atomic mass is 10.2. The van der Waals surface area contributed by atoms with Gasteiger partial charge >= 0.3 is 0 Å².